The maximum absolute atomic E-state index is 13.1. The van der Waals surface area contributed by atoms with Crippen LogP contribution in [0.5, 0.6) is 0 Å². The van der Waals surface area contributed by atoms with Crippen molar-refractivity contribution in [3.63, 3.8) is 0 Å². The number of halogens is 4. The van der Waals surface area contributed by atoms with Crippen molar-refractivity contribution < 1.29 is 13.2 Å². The number of nitrogens with zero attached hydrogens (tertiary/aromatic N) is 1. The Bertz CT molecular complexity index is 580. The van der Waals surface area contributed by atoms with Crippen molar-refractivity contribution in [1.82, 2.24) is 0 Å². The van der Waals surface area contributed by atoms with Crippen LogP contribution >= 0.6 is 27.7 Å². The van der Waals surface area contributed by atoms with E-state index in [9.17, 15) is 13.2 Å². The molecule has 7 heteroatoms. The van der Waals surface area contributed by atoms with Crippen LogP contribution in [0.3, 0.4) is 0 Å². The van der Waals surface area contributed by atoms with Gasteiger partial charge in [0.1, 0.15) is 0 Å². The summed E-state index contributed by atoms with van der Waals surface area (Å²) >= 11 is 4.60. The molecule has 0 amide bonds. The van der Waals surface area contributed by atoms with Crippen molar-refractivity contribution in [2.45, 2.75) is 37.4 Å². The van der Waals surface area contributed by atoms with Crippen molar-refractivity contribution in [2.75, 3.05) is 11.1 Å². The van der Waals surface area contributed by atoms with E-state index in [-0.39, 0.29) is 11.2 Å². The number of thioether (sulfide) groups is 1. The second kappa shape index (κ2) is 5.50. The van der Waals surface area contributed by atoms with Gasteiger partial charge in [-0.25, -0.2) is 0 Å². The molecule has 21 heavy (non-hydrogen) atoms. The number of alkyl halides is 3. The lowest BCUT2D eigenvalue weighted by Crippen LogP contribution is -2.21. The molecule has 1 aliphatic heterocycles. The topological polar surface area (TPSA) is 24.4 Å². The Balaban J connectivity index is 1.86. The first-order valence-electron chi connectivity index (χ1n) is 6.74. The molecule has 1 aromatic carbocycles. The van der Waals surface area contributed by atoms with Gasteiger partial charge in [0.2, 0.25) is 0 Å². The van der Waals surface area contributed by atoms with E-state index >= 15 is 0 Å². The number of hydrogen-bond acceptors (Lipinski definition) is 3. The summed E-state index contributed by atoms with van der Waals surface area (Å²) in [4.78, 5) is 4.65. The van der Waals surface area contributed by atoms with E-state index < -0.39 is 11.7 Å². The number of nitrogens with one attached hydrogen (secondary N) is 1. The van der Waals surface area contributed by atoms with Gasteiger partial charge in [-0.1, -0.05) is 40.5 Å². The molecule has 1 aromatic rings. The van der Waals surface area contributed by atoms with Crippen LogP contribution in [-0.4, -0.2) is 16.5 Å². The molecule has 0 saturated heterocycles. The lowest BCUT2D eigenvalue weighted by molar-refractivity contribution is -0.136. The second-order valence-electron chi connectivity index (χ2n) is 5.45. The first-order valence-corrected chi connectivity index (χ1v) is 8.52. The van der Waals surface area contributed by atoms with Crippen LogP contribution in [0.15, 0.2) is 27.7 Å². The number of benzene rings is 1. The summed E-state index contributed by atoms with van der Waals surface area (Å²) in [5.74, 6) is 0.868. The lowest BCUT2D eigenvalue weighted by atomic mass is 10.0. The third-order valence-corrected chi connectivity index (χ3v) is 5.52. The summed E-state index contributed by atoms with van der Waals surface area (Å²) in [6.07, 6.45) is 0.00311. The molecular weight excluding hydrogens is 365 g/mol. The Hall–Kier alpha value is -0.690. The van der Waals surface area contributed by atoms with E-state index in [1.807, 2.05) is 0 Å². The van der Waals surface area contributed by atoms with Crippen molar-refractivity contribution >= 4 is 38.5 Å². The Kier molecular flexibility index (Phi) is 3.98. The standard InChI is InChI=1S/C14H14BrF3N2S/c15-9-3-4-11(10(7-9)14(16,17)18)19-12-20-13(8-21-12)5-1-2-6-13/h3-4,7H,1-2,5-6,8H2,(H,19,20). The molecular formula is C14H14BrF3N2S. The molecule has 0 aromatic heterocycles. The molecule has 1 saturated carbocycles. The highest BCUT2D eigenvalue weighted by atomic mass is 79.9. The summed E-state index contributed by atoms with van der Waals surface area (Å²) in [5, 5.41) is 3.47. The SMILES string of the molecule is FC(F)(F)c1cc(Br)ccc1NC1=NC2(CCCC2)CS1. The predicted octanol–water partition coefficient (Wildman–Crippen LogP) is 5.30. The van der Waals surface area contributed by atoms with Gasteiger partial charge in [-0.3, -0.25) is 4.99 Å². The van der Waals surface area contributed by atoms with Gasteiger partial charge in [-0.2, -0.15) is 13.2 Å². The maximum atomic E-state index is 13.1. The van der Waals surface area contributed by atoms with E-state index in [1.54, 1.807) is 6.07 Å². The number of anilines is 1. The summed E-state index contributed by atoms with van der Waals surface area (Å²) in [6, 6.07) is 4.13. The zero-order valence-electron chi connectivity index (χ0n) is 11.1. The first-order chi connectivity index (χ1) is 9.88. The van der Waals surface area contributed by atoms with Crippen LogP contribution in [0.1, 0.15) is 31.2 Å². The monoisotopic (exact) mass is 378 g/mol. The number of hydrogen-bond donors (Lipinski definition) is 1. The fourth-order valence-electron chi connectivity index (χ4n) is 2.81. The van der Waals surface area contributed by atoms with E-state index in [0.717, 1.165) is 37.5 Å². The molecule has 1 aliphatic carbocycles. The van der Waals surface area contributed by atoms with Crippen LogP contribution in [0, 0.1) is 0 Å². The maximum Gasteiger partial charge on any atom is 0.418 e. The minimum atomic E-state index is -4.39. The van der Waals surface area contributed by atoms with Crippen LogP contribution < -0.4 is 5.32 Å². The molecule has 1 N–H and O–H groups in total. The number of amidine groups is 1. The quantitative estimate of drug-likeness (QED) is 0.717. The highest BCUT2D eigenvalue weighted by molar-refractivity contribution is 9.10. The zero-order chi connectivity index (χ0) is 15.1. The van der Waals surface area contributed by atoms with Crippen molar-refractivity contribution in [2.24, 2.45) is 4.99 Å². The first kappa shape index (κ1) is 15.2. The highest BCUT2D eigenvalue weighted by Crippen LogP contribution is 2.42. The average molecular weight is 379 g/mol. The van der Waals surface area contributed by atoms with E-state index in [2.05, 4.69) is 26.2 Å². The third-order valence-electron chi connectivity index (χ3n) is 3.88. The summed E-state index contributed by atoms with van der Waals surface area (Å²) in [7, 11) is 0. The van der Waals surface area contributed by atoms with E-state index in [0.29, 0.717) is 9.64 Å². The Morgan fingerprint density at radius 2 is 1.95 bits per heavy atom. The van der Waals surface area contributed by atoms with Gasteiger partial charge < -0.3 is 5.32 Å². The fourth-order valence-corrected chi connectivity index (χ4v) is 4.37. The van der Waals surface area contributed by atoms with Crippen LogP contribution in [-0.2, 0) is 6.18 Å². The number of aliphatic imine (C=N–C) groups is 1. The summed E-state index contributed by atoms with van der Waals surface area (Å²) in [5.41, 5.74) is -0.652. The molecule has 0 unspecified atom stereocenters. The highest BCUT2D eigenvalue weighted by Gasteiger charge is 2.39. The minimum Gasteiger partial charge on any atom is -0.334 e. The molecule has 1 spiro atoms. The van der Waals surface area contributed by atoms with Crippen LogP contribution in [0.4, 0.5) is 18.9 Å². The van der Waals surface area contributed by atoms with E-state index in [1.165, 1.54) is 17.8 Å². The molecule has 2 aliphatic rings. The Labute approximate surface area is 133 Å². The van der Waals surface area contributed by atoms with Gasteiger partial charge in [-0.05, 0) is 31.0 Å². The fraction of sp³-hybridized carbons (Fsp3) is 0.500. The summed E-state index contributed by atoms with van der Waals surface area (Å²) < 4.78 is 39.7. The average Bonchev–Trinajstić information content (AvgIpc) is 3.02. The third kappa shape index (κ3) is 3.23. The summed E-state index contributed by atoms with van der Waals surface area (Å²) in [6.45, 7) is 0. The van der Waals surface area contributed by atoms with Gasteiger partial charge in [0.25, 0.3) is 0 Å². The molecule has 1 fully saturated rings. The minimum absolute atomic E-state index is 0.0409. The van der Waals surface area contributed by atoms with Crippen molar-refractivity contribution in [1.29, 1.82) is 0 Å². The molecule has 0 atom stereocenters. The van der Waals surface area contributed by atoms with Crippen molar-refractivity contribution in [3.8, 4) is 0 Å². The molecule has 0 bridgehead atoms. The molecule has 2 nitrogen and oxygen atoms in total. The normalized spacial score (nSPS) is 20.9. The van der Waals surface area contributed by atoms with Crippen LogP contribution in [0.25, 0.3) is 0 Å². The molecule has 3 rings (SSSR count). The zero-order valence-corrected chi connectivity index (χ0v) is 13.5. The largest absolute Gasteiger partial charge is 0.418 e. The van der Waals surface area contributed by atoms with Gasteiger partial charge >= 0.3 is 6.18 Å². The van der Waals surface area contributed by atoms with Gasteiger partial charge in [0, 0.05) is 10.2 Å². The van der Waals surface area contributed by atoms with Gasteiger partial charge in [-0.15, -0.1) is 0 Å². The van der Waals surface area contributed by atoms with Crippen LogP contribution in [0.2, 0.25) is 0 Å². The molecule has 114 valence electrons. The number of rotatable bonds is 1. The Morgan fingerprint density at radius 1 is 1.24 bits per heavy atom. The Morgan fingerprint density at radius 3 is 2.62 bits per heavy atom. The smallest absolute Gasteiger partial charge is 0.334 e. The molecule has 0 radical (unpaired) electrons. The van der Waals surface area contributed by atoms with Crippen molar-refractivity contribution in [3.05, 3.63) is 28.2 Å². The van der Waals surface area contributed by atoms with Gasteiger partial charge in [0.15, 0.2) is 5.17 Å². The lowest BCUT2D eigenvalue weighted by Gasteiger charge is -2.16. The predicted molar refractivity (Wildman–Crippen MR) is 83.9 cm³/mol. The van der Waals surface area contributed by atoms with Gasteiger partial charge in [0.05, 0.1) is 16.8 Å². The molecule has 1 heterocycles. The van der Waals surface area contributed by atoms with E-state index in [4.69, 9.17) is 0 Å². The second-order valence-corrected chi connectivity index (χ2v) is 7.33.